The number of allylic oxidation sites excluding steroid dienone is 4. The van der Waals surface area contributed by atoms with Gasteiger partial charge in [-0.15, -0.1) is 6.58 Å². The van der Waals surface area contributed by atoms with E-state index in [1.165, 1.54) is 12.2 Å². The molecule has 0 unspecified atom stereocenters. The molecular weight excluding hydrogens is 192 g/mol. The summed E-state index contributed by atoms with van der Waals surface area (Å²) in [4.78, 5) is 22.6. The topological polar surface area (TPSA) is 43.4 Å². The summed E-state index contributed by atoms with van der Waals surface area (Å²) in [6, 6.07) is 0. The molecule has 0 aromatic rings. The van der Waals surface area contributed by atoms with Gasteiger partial charge in [-0.2, -0.15) is 0 Å². The van der Waals surface area contributed by atoms with E-state index in [1.54, 1.807) is 13.0 Å². The van der Waals surface area contributed by atoms with E-state index in [0.29, 0.717) is 12.2 Å². The Labute approximate surface area is 89.1 Å². The van der Waals surface area contributed by atoms with Gasteiger partial charge in [0.1, 0.15) is 0 Å². The van der Waals surface area contributed by atoms with Crippen LogP contribution in [0.25, 0.3) is 0 Å². The fraction of sp³-hybridized carbons (Fsp3) is 0.333. The second-order valence-electron chi connectivity index (χ2n) is 3.34. The SMILES string of the molecule is C=CCCCOC1=CC(=O)C(C)=CC1=O. The van der Waals surface area contributed by atoms with Gasteiger partial charge in [0, 0.05) is 11.6 Å². The molecule has 1 aliphatic carbocycles. The number of hydrogen-bond donors (Lipinski definition) is 0. The van der Waals surface area contributed by atoms with Crippen LogP contribution in [-0.4, -0.2) is 18.2 Å². The third-order valence-electron chi connectivity index (χ3n) is 2.05. The first kappa shape index (κ1) is 11.4. The lowest BCUT2D eigenvalue weighted by Gasteiger charge is -2.10. The fourth-order valence-electron chi connectivity index (χ4n) is 1.17. The van der Waals surface area contributed by atoms with E-state index in [-0.39, 0.29) is 17.3 Å². The smallest absolute Gasteiger partial charge is 0.220 e. The van der Waals surface area contributed by atoms with Gasteiger partial charge in [0.15, 0.2) is 11.5 Å². The van der Waals surface area contributed by atoms with E-state index < -0.39 is 0 Å². The molecule has 0 bridgehead atoms. The first-order valence-corrected chi connectivity index (χ1v) is 4.87. The molecule has 3 heteroatoms. The minimum absolute atomic E-state index is 0.148. The predicted molar refractivity (Wildman–Crippen MR) is 57.2 cm³/mol. The lowest BCUT2D eigenvalue weighted by Crippen LogP contribution is -2.14. The van der Waals surface area contributed by atoms with Crippen molar-refractivity contribution in [3.8, 4) is 0 Å². The van der Waals surface area contributed by atoms with Gasteiger partial charge in [0.05, 0.1) is 6.61 Å². The minimum atomic E-state index is -0.231. The quantitative estimate of drug-likeness (QED) is 0.392. The fourth-order valence-corrected chi connectivity index (χ4v) is 1.17. The highest BCUT2D eigenvalue weighted by atomic mass is 16.5. The van der Waals surface area contributed by atoms with Crippen LogP contribution in [0.3, 0.4) is 0 Å². The molecule has 0 saturated carbocycles. The molecule has 1 aliphatic rings. The summed E-state index contributed by atoms with van der Waals surface area (Å²) in [5.74, 6) is -0.242. The second kappa shape index (κ2) is 5.29. The average Bonchev–Trinajstić information content (AvgIpc) is 2.20. The summed E-state index contributed by atoms with van der Waals surface area (Å²) in [6.07, 6.45) is 5.99. The molecule has 0 atom stereocenters. The molecule has 80 valence electrons. The largest absolute Gasteiger partial charge is 0.489 e. The van der Waals surface area contributed by atoms with E-state index in [9.17, 15) is 9.59 Å². The van der Waals surface area contributed by atoms with Gasteiger partial charge in [-0.05, 0) is 25.8 Å². The number of rotatable bonds is 5. The summed E-state index contributed by atoms with van der Waals surface area (Å²) in [5.41, 5.74) is 0.457. The highest BCUT2D eigenvalue weighted by molar-refractivity contribution is 6.18. The molecular formula is C12H14O3. The molecule has 0 spiro atoms. The van der Waals surface area contributed by atoms with Crippen LogP contribution in [0.1, 0.15) is 19.8 Å². The van der Waals surface area contributed by atoms with E-state index in [0.717, 1.165) is 12.8 Å². The number of ether oxygens (including phenoxy) is 1. The van der Waals surface area contributed by atoms with Crippen LogP contribution >= 0.6 is 0 Å². The molecule has 0 aliphatic heterocycles. The highest BCUT2D eigenvalue weighted by Gasteiger charge is 2.18. The van der Waals surface area contributed by atoms with Crippen molar-refractivity contribution in [2.24, 2.45) is 0 Å². The molecule has 15 heavy (non-hydrogen) atoms. The zero-order chi connectivity index (χ0) is 11.3. The van der Waals surface area contributed by atoms with E-state index in [2.05, 4.69) is 6.58 Å². The Morgan fingerprint density at radius 2 is 2.07 bits per heavy atom. The average molecular weight is 206 g/mol. The highest BCUT2D eigenvalue weighted by Crippen LogP contribution is 2.12. The maximum atomic E-state index is 11.4. The second-order valence-corrected chi connectivity index (χ2v) is 3.34. The predicted octanol–water partition coefficient (Wildman–Crippen LogP) is 1.95. The van der Waals surface area contributed by atoms with Crippen molar-refractivity contribution in [1.29, 1.82) is 0 Å². The number of ketones is 2. The first-order valence-electron chi connectivity index (χ1n) is 4.87. The van der Waals surface area contributed by atoms with Crippen LogP contribution in [-0.2, 0) is 14.3 Å². The maximum Gasteiger partial charge on any atom is 0.220 e. The van der Waals surface area contributed by atoms with Crippen molar-refractivity contribution in [1.82, 2.24) is 0 Å². The lowest BCUT2D eigenvalue weighted by atomic mass is 10.0. The summed E-state index contributed by atoms with van der Waals surface area (Å²) in [6.45, 7) is 5.63. The van der Waals surface area contributed by atoms with Crippen molar-refractivity contribution in [2.75, 3.05) is 6.61 Å². The third-order valence-corrected chi connectivity index (χ3v) is 2.05. The number of unbranched alkanes of at least 4 members (excludes halogenated alkanes) is 1. The van der Waals surface area contributed by atoms with Crippen molar-refractivity contribution in [3.05, 3.63) is 36.1 Å². The Morgan fingerprint density at radius 3 is 2.73 bits per heavy atom. The van der Waals surface area contributed by atoms with Gasteiger partial charge >= 0.3 is 0 Å². The standard InChI is InChI=1S/C12H14O3/c1-3-4-5-6-15-12-8-10(13)9(2)7-11(12)14/h3,7-8H,1,4-6H2,2H3. The van der Waals surface area contributed by atoms with Crippen LogP contribution in [0, 0.1) is 0 Å². The van der Waals surface area contributed by atoms with E-state index in [1.807, 2.05) is 0 Å². The van der Waals surface area contributed by atoms with Crippen molar-refractivity contribution < 1.29 is 14.3 Å². The van der Waals surface area contributed by atoms with Crippen LogP contribution in [0.4, 0.5) is 0 Å². The molecule has 0 aromatic carbocycles. The number of carbonyl (C=O) groups excluding carboxylic acids is 2. The van der Waals surface area contributed by atoms with Crippen LogP contribution in [0.2, 0.25) is 0 Å². The zero-order valence-electron chi connectivity index (χ0n) is 8.79. The van der Waals surface area contributed by atoms with Gasteiger partial charge in [0.25, 0.3) is 0 Å². The molecule has 0 fully saturated rings. The van der Waals surface area contributed by atoms with Crippen LogP contribution in [0.5, 0.6) is 0 Å². The van der Waals surface area contributed by atoms with Gasteiger partial charge in [-0.1, -0.05) is 6.08 Å². The summed E-state index contributed by atoms with van der Waals surface area (Å²) in [7, 11) is 0. The molecule has 0 aromatic heterocycles. The number of hydrogen-bond acceptors (Lipinski definition) is 3. The van der Waals surface area contributed by atoms with Crippen molar-refractivity contribution in [3.63, 3.8) is 0 Å². The Kier molecular flexibility index (Phi) is 4.03. The van der Waals surface area contributed by atoms with E-state index in [4.69, 9.17) is 4.74 Å². The Morgan fingerprint density at radius 1 is 1.33 bits per heavy atom. The van der Waals surface area contributed by atoms with Crippen LogP contribution in [0.15, 0.2) is 36.1 Å². The zero-order valence-corrected chi connectivity index (χ0v) is 8.79. The van der Waals surface area contributed by atoms with Crippen molar-refractivity contribution in [2.45, 2.75) is 19.8 Å². The van der Waals surface area contributed by atoms with Crippen molar-refractivity contribution >= 4 is 11.6 Å². The third kappa shape index (κ3) is 3.20. The van der Waals surface area contributed by atoms with Gasteiger partial charge < -0.3 is 4.74 Å². The van der Waals surface area contributed by atoms with Crippen LogP contribution < -0.4 is 0 Å². The summed E-state index contributed by atoms with van der Waals surface area (Å²) in [5, 5.41) is 0. The Bertz CT molecular complexity index is 348. The number of carbonyl (C=O) groups is 2. The molecule has 3 nitrogen and oxygen atoms in total. The molecule has 1 rings (SSSR count). The monoisotopic (exact) mass is 206 g/mol. The van der Waals surface area contributed by atoms with Gasteiger partial charge in [-0.3, -0.25) is 9.59 Å². The maximum absolute atomic E-state index is 11.4. The van der Waals surface area contributed by atoms with Gasteiger partial charge in [0.2, 0.25) is 5.78 Å². The van der Waals surface area contributed by atoms with E-state index >= 15 is 0 Å². The first-order chi connectivity index (χ1) is 7.15. The Balaban J connectivity index is 2.49. The summed E-state index contributed by atoms with van der Waals surface area (Å²) >= 11 is 0. The Hall–Kier alpha value is -1.64. The normalized spacial score (nSPS) is 15.8. The molecule has 0 saturated heterocycles. The minimum Gasteiger partial charge on any atom is -0.489 e. The summed E-state index contributed by atoms with van der Waals surface area (Å²) < 4.78 is 5.21. The molecule has 0 N–H and O–H groups in total. The van der Waals surface area contributed by atoms with Gasteiger partial charge in [-0.25, -0.2) is 0 Å². The molecule has 0 heterocycles. The lowest BCUT2D eigenvalue weighted by molar-refractivity contribution is -0.117. The molecule has 0 radical (unpaired) electrons. The molecule has 0 amide bonds.